The molecule has 0 saturated heterocycles. The molecule has 3 nitrogen and oxygen atoms in total. The van der Waals surface area contributed by atoms with Gasteiger partial charge in [-0.15, -0.1) is 11.8 Å². The number of benzene rings is 1. The van der Waals surface area contributed by atoms with Gasteiger partial charge in [0.2, 0.25) is 6.10 Å². The molecule has 7 heteroatoms. The SMILES string of the molecule is CSc1ccc2c(c1)C[C@@H](C(=O)O)[C@@H](C(F)(F)F)O2. The van der Waals surface area contributed by atoms with Gasteiger partial charge in [0.15, 0.2) is 0 Å². The van der Waals surface area contributed by atoms with Crippen molar-refractivity contribution in [1.82, 2.24) is 0 Å². The van der Waals surface area contributed by atoms with Crippen molar-refractivity contribution in [2.24, 2.45) is 5.92 Å². The monoisotopic (exact) mass is 292 g/mol. The Morgan fingerprint density at radius 3 is 2.68 bits per heavy atom. The van der Waals surface area contributed by atoms with Gasteiger partial charge in [0.1, 0.15) is 11.7 Å². The fourth-order valence-corrected chi connectivity index (χ4v) is 2.50. The van der Waals surface area contributed by atoms with Gasteiger partial charge < -0.3 is 9.84 Å². The van der Waals surface area contributed by atoms with Crippen LogP contribution < -0.4 is 4.74 Å². The molecule has 2 atom stereocenters. The topological polar surface area (TPSA) is 46.5 Å². The number of fused-ring (bicyclic) bond motifs is 1. The molecule has 1 aliphatic heterocycles. The van der Waals surface area contributed by atoms with Crippen LogP contribution in [0.25, 0.3) is 0 Å². The van der Waals surface area contributed by atoms with Gasteiger partial charge in [-0.3, -0.25) is 4.79 Å². The normalized spacial score (nSPS) is 22.5. The molecule has 2 rings (SSSR count). The van der Waals surface area contributed by atoms with Gasteiger partial charge in [0.25, 0.3) is 0 Å². The van der Waals surface area contributed by atoms with Crippen LogP contribution in [0.5, 0.6) is 5.75 Å². The lowest BCUT2D eigenvalue weighted by atomic mass is 9.90. The fraction of sp³-hybridized carbons (Fsp3) is 0.417. The lowest BCUT2D eigenvalue weighted by Crippen LogP contribution is -2.47. The molecular formula is C12H11F3O3S. The molecule has 1 aromatic carbocycles. The van der Waals surface area contributed by atoms with Crippen molar-refractivity contribution in [2.45, 2.75) is 23.6 Å². The number of rotatable bonds is 2. The number of aliphatic carboxylic acids is 1. The summed E-state index contributed by atoms with van der Waals surface area (Å²) in [5, 5.41) is 8.94. The summed E-state index contributed by atoms with van der Waals surface area (Å²) in [6.45, 7) is 0. The largest absolute Gasteiger partial charge is 0.481 e. The molecule has 104 valence electrons. The first-order chi connectivity index (χ1) is 8.82. The van der Waals surface area contributed by atoms with E-state index in [-0.39, 0.29) is 12.2 Å². The molecule has 0 fully saturated rings. The molecular weight excluding hydrogens is 281 g/mol. The first kappa shape index (κ1) is 14.0. The molecule has 0 aromatic heterocycles. The van der Waals surface area contributed by atoms with E-state index in [0.717, 1.165) is 4.90 Å². The van der Waals surface area contributed by atoms with Crippen LogP contribution in [0.15, 0.2) is 23.1 Å². The molecule has 0 spiro atoms. The van der Waals surface area contributed by atoms with E-state index in [2.05, 4.69) is 0 Å². The Hall–Kier alpha value is -1.37. The maximum absolute atomic E-state index is 12.8. The van der Waals surface area contributed by atoms with E-state index in [1.165, 1.54) is 17.8 Å². The number of carbonyl (C=O) groups is 1. The number of ether oxygens (including phenoxy) is 1. The highest BCUT2D eigenvalue weighted by Gasteiger charge is 2.52. The molecule has 0 aliphatic carbocycles. The van der Waals surface area contributed by atoms with Crippen LogP contribution in [0.4, 0.5) is 13.2 Å². The van der Waals surface area contributed by atoms with Crippen LogP contribution in [0.2, 0.25) is 0 Å². The lowest BCUT2D eigenvalue weighted by molar-refractivity contribution is -0.217. The Bertz CT molecular complexity index is 501. The zero-order valence-electron chi connectivity index (χ0n) is 9.90. The summed E-state index contributed by atoms with van der Waals surface area (Å²) < 4.78 is 43.3. The molecule has 19 heavy (non-hydrogen) atoms. The summed E-state index contributed by atoms with van der Waals surface area (Å²) >= 11 is 1.43. The Labute approximate surface area is 111 Å². The van der Waals surface area contributed by atoms with E-state index < -0.39 is 24.2 Å². The van der Waals surface area contributed by atoms with Crippen LogP contribution in [-0.4, -0.2) is 29.6 Å². The first-order valence-corrected chi connectivity index (χ1v) is 6.68. The third-order valence-electron chi connectivity index (χ3n) is 2.97. The average Bonchev–Trinajstić information content (AvgIpc) is 2.35. The Morgan fingerprint density at radius 1 is 1.47 bits per heavy atom. The number of alkyl halides is 3. The average molecular weight is 292 g/mol. The highest BCUT2D eigenvalue weighted by atomic mass is 32.2. The second kappa shape index (κ2) is 4.96. The highest BCUT2D eigenvalue weighted by molar-refractivity contribution is 7.98. The second-order valence-corrected chi connectivity index (χ2v) is 5.08. The van der Waals surface area contributed by atoms with E-state index in [1.54, 1.807) is 12.1 Å². The number of hydrogen-bond donors (Lipinski definition) is 1. The molecule has 1 N–H and O–H groups in total. The number of halogens is 3. The van der Waals surface area contributed by atoms with E-state index >= 15 is 0 Å². The van der Waals surface area contributed by atoms with Crippen molar-refractivity contribution in [3.8, 4) is 5.75 Å². The number of hydrogen-bond acceptors (Lipinski definition) is 3. The van der Waals surface area contributed by atoms with Crippen LogP contribution in [0.1, 0.15) is 5.56 Å². The zero-order valence-corrected chi connectivity index (χ0v) is 10.7. The number of carboxylic acid groups (broad SMARTS) is 1. The molecule has 0 radical (unpaired) electrons. The molecule has 0 unspecified atom stereocenters. The van der Waals surface area contributed by atoms with Gasteiger partial charge in [-0.25, -0.2) is 0 Å². The van der Waals surface area contributed by atoms with Crippen LogP contribution in [-0.2, 0) is 11.2 Å². The summed E-state index contributed by atoms with van der Waals surface area (Å²) in [5.41, 5.74) is 0.500. The van der Waals surface area contributed by atoms with Crippen LogP contribution >= 0.6 is 11.8 Å². The smallest absolute Gasteiger partial charge is 0.426 e. The van der Waals surface area contributed by atoms with Crippen LogP contribution in [0.3, 0.4) is 0 Å². The van der Waals surface area contributed by atoms with Gasteiger partial charge in [0, 0.05) is 4.90 Å². The van der Waals surface area contributed by atoms with Crippen molar-refractivity contribution in [3.63, 3.8) is 0 Å². The molecule has 0 amide bonds. The van der Waals surface area contributed by atoms with Crippen molar-refractivity contribution in [1.29, 1.82) is 0 Å². The lowest BCUT2D eigenvalue weighted by Gasteiger charge is -2.32. The van der Waals surface area contributed by atoms with Crippen molar-refractivity contribution >= 4 is 17.7 Å². The summed E-state index contributed by atoms with van der Waals surface area (Å²) in [7, 11) is 0. The van der Waals surface area contributed by atoms with Crippen molar-refractivity contribution < 1.29 is 27.8 Å². The zero-order chi connectivity index (χ0) is 14.2. The molecule has 1 aliphatic rings. The summed E-state index contributed by atoms with van der Waals surface area (Å²) in [4.78, 5) is 11.8. The number of thioether (sulfide) groups is 1. The Balaban J connectivity index is 2.39. The Kier molecular flexibility index (Phi) is 3.66. The molecule has 1 aromatic rings. The maximum Gasteiger partial charge on any atom is 0.426 e. The van der Waals surface area contributed by atoms with E-state index in [9.17, 15) is 18.0 Å². The predicted octanol–water partition coefficient (Wildman–Crippen LogP) is 2.98. The third-order valence-corrected chi connectivity index (χ3v) is 3.69. The summed E-state index contributed by atoms with van der Waals surface area (Å²) in [5.74, 6) is -3.00. The molecule has 0 bridgehead atoms. The fourth-order valence-electron chi connectivity index (χ4n) is 2.03. The second-order valence-electron chi connectivity index (χ2n) is 4.20. The standard InChI is InChI=1S/C12H11F3O3S/c1-19-7-2-3-9-6(4-7)5-8(11(16)17)10(18-9)12(13,14)15/h2-4,8,10H,5H2,1H3,(H,16,17)/t8-,10+/m1/s1. The minimum Gasteiger partial charge on any atom is -0.481 e. The minimum atomic E-state index is -4.70. The van der Waals surface area contributed by atoms with Crippen molar-refractivity contribution in [2.75, 3.05) is 6.26 Å². The van der Waals surface area contributed by atoms with E-state index in [0.29, 0.717) is 5.56 Å². The van der Waals surface area contributed by atoms with Gasteiger partial charge >= 0.3 is 12.1 Å². The maximum atomic E-state index is 12.8. The van der Waals surface area contributed by atoms with Gasteiger partial charge in [-0.05, 0) is 36.4 Å². The highest BCUT2D eigenvalue weighted by Crippen LogP contribution is 2.39. The van der Waals surface area contributed by atoms with Gasteiger partial charge in [0.05, 0.1) is 0 Å². The first-order valence-electron chi connectivity index (χ1n) is 5.46. The van der Waals surface area contributed by atoms with E-state index in [1.807, 2.05) is 6.26 Å². The summed E-state index contributed by atoms with van der Waals surface area (Å²) in [6, 6.07) is 4.78. The van der Waals surface area contributed by atoms with Gasteiger partial charge in [-0.2, -0.15) is 13.2 Å². The van der Waals surface area contributed by atoms with E-state index in [4.69, 9.17) is 9.84 Å². The predicted molar refractivity (Wildman–Crippen MR) is 63.5 cm³/mol. The summed E-state index contributed by atoms with van der Waals surface area (Å²) in [6.07, 6.45) is -5.33. The quantitative estimate of drug-likeness (QED) is 0.851. The number of carboxylic acids is 1. The molecule has 1 heterocycles. The third kappa shape index (κ3) is 2.80. The Morgan fingerprint density at radius 2 is 2.16 bits per heavy atom. The van der Waals surface area contributed by atoms with Gasteiger partial charge in [-0.1, -0.05) is 0 Å². The van der Waals surface area contributed by atoms with Crippen LogP contribution in [0, 0.1) is 5.92 Å². The van der Waals surface area contributed by atoms with Crippen molar-refractivity contribution in [3.05, 3.63) is 23.8 Å². The molecule has 0 saturated carbocycles. The minimum absolute atomic E-state index is 0.109.